The molecule has 5 nitrogen and oxygen atoms in total. The van der Waals surface area contributed by atoms with Crippen LogP contribution in [0.4, 0.5) is 0 Å². The maximum atomic E-state index is 12.7. The van der Waals surface area contributed by atoms with Gasteiger partial charge in [-0.25, -0.2) is 0 Å². The lowest BCUT2D eigenvalue weighted by molar-refractivity contribution is -0.132. The van der Waals surface area contributed by atoms with Crippen LogP contribution in [0, 0.1) is 18.3 Å². The molecule has 2 aliphatic rings. The molecular formula is C24H29N3O2S. The Kier molecular flexibility index (Phi) is 6.14. The predicted octanol–water partition coefficient (Wildman–Crippen LogP) is 3.60. The first-order valence-corrected chi connectivity index (χ1v) is 11.8. The van der Waals surface area contributed by atoms with Gasteiger partial charge in [-0.05, 0) is 67.7 Å². The van der Waals surface area contributed by atoms with Crippen molar-refractivity contribution >= 4 is 23.6 Å². The summed E-state index contributed by atoms with van der Waals surface area (Å²) in [5, 5.41) is 3.05. The number of benzene rings is 1. The summed E-state index contributed by atoms with van der Waals surface area (Å²) < 4.78 is 0. The third kappa shape index (κ3) is 4.69. The molecule has 1 atom stereocenters. The summed E-state index contributed by atoms with van der Waals surface area (Å²) in [6.45, 7) is 3.94. The van der Waals surface area contributed by atoms with Gasteiger partial charge in [0.2, 0.25) is 11.8 Å². The van der Waals surface area contributed by atoms with Gasteiger partial charge in [0.25, 0.3) is 0 Å². The Morgan fingerprint density at radius 3 is 2.57 bits per heavy atom. The lowest BCUT2D eigenvalue weighted by atomic mass is 9.90. The predicted molar refractivity (Wildman–Crippen MR) is 119 cm³/mol. The molecule has 1 aromatic heterocycles. The van der Waals surface area contributed by atoms with E-state index in [0.717, 1.165) is 49.3 Å². The minimum atomic E-state index is 0.0821. The number of hydrogen-bond donors (Lipinski definition) is 1. The smallest absolute Gasteiger partial charge is 0.226 e. The van der Waals surface area contributed by atoms with E-state index < -0.39 is 0 Å². The van der Waals surface area contributed by atoms with Gasteiger partial charge in [0, 0.05) is 29.6 Å². The molecule has 2 amide bonds. The molecule has 2 heterocycles. The summed E-state index contributed by atoms with van der Waals surface area (Å²) in [4.78, 5) is 32.9. The van der Waals surface area contributed by atoms with Crippen molar-refractivity contribution in [3.05, 3.63) is 59.4 Å². The summed E-state index contributed by atoms with van der Waals surface area (Å²) in [6.07, 6.45) is 5.29. The molecule has 1 saturated carbocycles. The Morgan fingerprint density at radius 1 is 1.17 bits per heavy atom. The second-order valence-corrected chi connectivity index (χ2v) is 9.39. The summed E-state index contributed by atoms with van der Waals surface area (Å²) in [7, 11) is 0. The van der Waals surface area contributed by atoms with Crippen molar-refractivity contribution < 1.29 is 9.59 Å². The van der Waals surface area contributed by atoms with Crippen molar-refractivity contribution in [2.75, 3.05) is 19.3 Å². The van der Waals surface area contributed by atoms with E-state index in [1.54, 1.807) is 11.8 Å². The van der Waals surface area contributed by atoms with Gasteiger partial charge in [0.15, 0.2) is 0 Å². The third-order valence-electron chi connectivity index (χ3n) is 6.52. The number of piperidine rings is 1. The van der Waals surface area contributed by atoms with Crippen LogP contribution in [-0.2, 0) is 22.6 Å². The number of carbonyl (C=O) groups excluding carboxylic acids is 2. The van der Waals surface area contributed by atoms with Crippen LogP contribution in [0.25, 0.3) is 0 Å². The zero-order valence-corrected chi connectivity index (χ0v) is 18.5. The van der Waals surface area contributed by atoms with E-state index >= 15 is 0 Å². The highest BCUT2D eigenvalue weighted by Crippen LogP contribution is 2.59. The van der Waals surface area contributed by atoms with Gasteiger partial charge in [-0.3, -0.25) is 14.6 Å². The summed E-state index contributed by atoms with van der Waals surface area (Å²) >= 11 is 1.70. The van der Waals surface area contributed by atoms with Crippen LogP contribution in [0.15, 0.2) is 47.4 Å². The number of rotatable bonds is 6. The van der Waals surface area contributed by atoms with Crippen molar-refractivity contribution in [2.24, 2.45) is 11.3 Å². The largest absolute Gasteiger partial charge is 0.350 e. The number of amides is 2. The SMILES string of the molecule is CSc1ccc(CC(=O)N2CCC3(CC2)CC3C(=O)NCc2cccc(C)n2)cc1. The minimum Gasteiger partial charge on any atom is -0.350 e. The average molecular weight is 424 g/mol. The van der Waals surface area contributed by atoms with Gasteiger partial charge in [0.1, 0.15) is 0 Å². The Balaban J connectivity index is 1.24. The number of nitrogens with zero attached hydrogens (tertiary/aromatic N) is 2. The minimum absolute atomic E-state index is 0.0821. The highest BCUT2D eigenvalue weighted by molar-refractivity contribution is 7.98. The Morgan fingerprint density at radius 2 is 1.90 bits per heavy atom. The highest BCUT2D eigenvalue weighted by Gasteiger charge is 2.58. The van der Waals surface area contributed by atoms with E-state index in [-0.39, 0.29) is 23.1 Å². The van der Waals surface area contributed by atoms with Crippen molar-refractivity contribution in [3.8, 4) is 0 Å². The summed E-state index contributed by atoms with van der Waals surface area (Å²) in [5.74, 6) is 0.402. The second-order valence-electron chi connectivity index (χ2n) is 8.51. The van der Waals surface area contributed by atoms with Crippen LogP contribution in [0.3, 0.4) is 0 Å². The van der Waals surface area contributed by atoms with E-state index in [0.29, 0.717) is 13.0 Å². The molecular weight excluding hydrogens is 394 g/mol. The fourth-order valence-electron chi connectivity index (χ4n) is 4.50. The molecule has 1 N–H and O–H groups in total. The number of aromatic nitrogens is 1. The lowest BCUT2D eigenvalue weighted by Gasteiger charge is -2.33. The Hall–Kier alpha value is -2.34. The van der Waals surface area contributed by atoms with Crippen molar-refractivity contribution in [2.45, 2.75) is 44.0 Å². The highest BCUT2D eigenvalue weighted by atomic mass is 32.2. The van der Waals surface area contributed by atoms with E-state index in [4.69, 9.17) is 0 Å². The van der Waals surface area contributed by atoms with Crippen LogP contribution in [0.2, 0.25) is 0 Å². The van der Waals surface area contributed by atoms with E-state index in [1.807, 2.05) is 42.2 Å². The van der Waals surface area contributed by atoms with Crippen LogP contribution in [-0.4, -0.2) is 41.0 Å². The Labute approximate surface area is 182 Å². The monoisotopic (exact) mass is 423 g/mol. The van der Waals surface area contributed by atoms with Gasteiger partial charge in [0.05, 0.1) is 18.7 Å². The third-order valence-corrected chi connectivity index (χ3v) is 7.27. The molecule has 0 radical (unpaired) electrons. The first kappa shape index (κ1) is 20.9. The number of aryl methyl sites for hydroxylation is 1. The molecule has 30 heavy (non-hydrogen) atoms. The molecule has 1 aliphatic carbocycles. The fraction of sp³-hybridized carbons (Fsp3) is 0.458. The summed E-state index contributed by atoms with van der Waals surface area (Å²) in [6, 6.07) is 14.1. The number of likely N-dealkylation sites (tertiary alicyclic amines) is 1. The first-order valence-electron chi connectivity index (χ1n) is 10.6. The van der Waals surface area contributed by atoms with Gasteiger partial charge in [-0.15, -0.1) is 11.8 Å². The number of nitrogens with one attached hydrogen (secondary N) is 1. The zero-order valence-electron chi connectivity index (χ0n) is 17.7. The van der Waals surface area contributed by atoms with E-state index in [1.165, 1.54) is 4.90 Å². The number of pyridine rings is 1. The van der Waals surface area contributed by atoms with Crippen molar-refractivity contribution in [1.29, 1.82) is 0 Å². The van der Waals surface area contributed by atoms with Gasteiger partial charge >= 0.3 is 0 Å². The molecule has 1 aliphatic heterocycles. The average Bonchev–Trinajstić information content (AvgIpc) is 3.46. The van der Waals surface area contributed by atoms with Gasteiger partial charge in [-0.2, -0.15) is 0 Å². The van der Waals surface area contributed by atoms with E-state index in [9.17, 15) is 9.59 Å². The van der Waals surface area contributed by atoms with Crippen molar-refractivity contribution in [1.82, 2.24) is 15.2 Å². The molecule has 4 rings (SSSR count). The number of thioether (sulfide) groups is 1. The number of hydrogen-bond acceptors (Lipinski definition) is 4. The summed E-state index contributed by atoms with van der Waals surface area (Å²) in [5.41, 5.74) is 3.01. The van der Waals surface area contributed by atoms with Crippen LogP contribution in [0.1, 0.15) is 36.2 Å². The van der Waals surface area contributed by atoms with Gasteiger partial charge < -0.3 is 10.2 Å². The first-order chi connectivity index (χ1) is 14.5. The van der Waals surface area contributed by atoms with Crippen molar-refractivity contribution in [3.63, 3.8) is 0 Å². The number of carbonyl (C=O) groups is 2. The standard InChI is InChI=1S/C24H29N3O2S/c1-17-4-3-5-19(26-17)16-25-23(29)21-15-24(21)10-12-27(13-11-24)22(28)14-18-6-8-20(30-2)9-7-18/h3-9,21H,10-16H2,1-2H3,(H,25,29). The molecule has 0 bridgehead atoms. The maximum absolute atomic E-state index is 12.7. The van der Waals surface area contributed by atoms with Gasteiger partial charge in [-0.1, -0.05) is 18.2 Å². The maximum Gasteiger partial charge on any atom is 0.226 e. The molecule has 6 heteroatoms. The molecule has 1 saturated heterocycles. The molecule has 2 fully saturated rings. The molecule has 158 valence electrons. The lowest BCUT2D eigenvalue weighted by Crippen LogP contribution is -2.41. The Bertz CT molecular complexity index is 920. The quantitative estimate of drug-likeness (QED) is 0.721. The van der Waals surface area contributed by atoms with E-state index in [2.05, 4.69) is 28.7 Å². The molecule has 2 aromatic rings. The fourth-order valence-corrected chi connectivity index (χ4v) is 4.91. The zero-order chi connectivity index (χ0) is 21.1. The van der Waals surface area contributed by atoms with Crippen LogP contribution < -0.4 is 5.32 Å². The molecule has 1 aromatic carbocycles. The van der Waals surface area contributed by atoms with Crippen LogP contribution in [0.5, 0.6) is 0 Å². The normalized spacial score (nSPS) is 19.5. The molecule has 1 unspecified atom stereocenters. The molecule has 1 spiro atoms. The van der Waals surface area contributed by atoms with Crippen LogP contribution >= 0.6 is 11.8 Å². The topological polar surface area (TPSA) is 62.3 Å². The second kappa shape index (κ2) is 8.80.